The molecule has 0 aliphatic carbocycles. The first-order chi connectivity index (χ1) is 7.08. The van der Waals surface area contributed by atoms with Gasteiger partial charge in [-0.1, -0.05) is 6.92 Å². The van der Waals surface area contributed by atoms with Crippen LogP contribution in [0.25, 0.3) is 0 Å². The summed E-state index contributed by atoms with van der Waals surface area (Å²) in [7, 11) is 0. The minimum atomic E-state index is -0.205. The molecule has 1 fully saturated rings. The monoisotopic (exact) mass is 226 g/mol. The van der Waals surface area contributed by atoms with Crippen molar-refractivity contribution in [3.63, 3.8) is 0 Å². The van der Waals surface area contributed by atoms with Gasteiger partial charge in [0.25, 0.3) is 0 Å². The summed E-state index contributed by atoms with van der Waals surface area (Å²) in [6.45, 7) is 8.00. The molecule has 0 spiro atoms. The third-order valence-electron chi connectivity index (χ3n) is 3.21. The van der Waals surface area contributed by atoms with Gasteiger partial charge >= 0.3 is 0 Å². The Bertz CT molecular complexity index is 331. The molecule has 0 saturated carbocycles. The Hall–Kier alpha value is -0.610. The van der Waals surface area contributed by atoms with Crippen LogP contribution in [-0.2, 0) is 0 Å². The van der Waals surface area contributed by atoms with Crippen LogP contribution in [0.4, 0.5) is 5.13 Å². The molecule has 1 aliphatic rings. The number of aliphatic hydroxyl groups excluding tert-OH is 1. The van der Waals surface area contributed by atoms with Crippen molar-refractivity contribution in [3.05, 3.63) is 10.6 Å². The van der Waals surface area contributed by atoms with Crippen molar-refractivity contribution in [2.24, 2.45) is 5.92 Å². The Morgan fingerprint density at radius 2 is 2.20 bits per heavy atom. The summed E-state index contributed by atoms with van der Waals surface area (Å²) in [4.78, 5) is 8.01. The van der Waals surface area contributed by atoms with E-state index in [4.69, 9.17) is 0 Å². The zero-order valence-electron chi connectivity index (χ0n) is 9.53. The van der Waals surface area contributed by atoms with Crippen molar-refractivity contribution in [3.8, 4) is 0 Å². The summed E-state index contributed by atoms with van der Waals surface area (Å²) in [6, 6.07) is 0. The largest absolute Gasteiger partial charge is 0.391 e. The van der Waals surface area contributed by atoms with Gasteiger partial charge in [0.15, 0.2) is 5.13 Å². The number of hydrogen-bond donors (Lipinski definition) is 1. The molecule has 0 bridgehead atoms. The summed E-state index contributed by atoms with van der Waals surface area (Å²) in [5, 5.41) is 10.9. The van der Waals surface area contributed by atoms with E-state index in [2.05, 4.69) is 23.7 Å². The summed E-state index contributed by atoms with van der Waals surface area (Å²) in [5.41, 5.74) is 1.11. The Balaban J connectivity index is 2.12. The number of β-amino-alcohol motifs (C(OH)–C–C–N with tert-alkyl or cyclic N) is 1. The Kier molecular flexibility index (Phi) is 2.98. The third-order valence-corrected chi connectivity index (χ3v) is 4.34. The van der Waals surface area contributed by atoms with Crippen molar-refractivity contribution >= 4 is 16.5 Å². The predicted octanol–water partition coefficient (Wildman–Crippen LogP) is 1.97. The first-order valence-electron chi connectivity index (χ1n) is 5.45. The van der Waals surface area contributed by atoms with Gasteiger partial charge < -0.3 is 10.0 Å². The highest BCUT2D eigenvalue weighted by Crippen LogP contribution is 2.28. The van der Waals surface area contributed by atoms with E-state index in [9.17, 15) is 5.11 Å². The maximum absolute atomic E-state index is 9.82. The molecule has 0 aromatic carbocycles. The minimum Gasteiger partial charge on any atom is -0.391 e. The maximum atomic E-state index is 9.82. The highest BCUT2D eigenvalue weighted by Gasteiger charge is 2.25. The van der Waals surface area contributed by atoms with Crippen molar-refractivity contribution in [2.75, 3.05) is 18.0 Å². The van der Waals surface area contributed by atoms with E-state index >= 15 is 0 Å². The van der Waals surface area contributed by atoms with Gasteiger partial charge in [-0.15, -0.1) is 11.3 Å². The van der Waals surface area contributed by atoms with Crippen LogP contribution in [0.15, 0.2) is 0 Å². The summed E-state index contributed by atoms with van der Waals surface area (Å²) in [6.07, 6.45) is 0.849. The second-order valence-corrected chi connectivity index (χ2v) is 5.60. The summed E-state index contributed by atoms with van der Waals surface area (Å²) < 4.78 is 0. The van der Waals surface area contributed by atoms with Crippen LogP contribution in [-0.4, -0.2) is 29.3 Å². The Morgan fingerprint density at radius 3 is 2.73 bits per heavy atom. The van der Waals surface area contributed by atoms with E-state index in [0.717, 1.165) is 30.3 Å². The number of hydrogen-bond acceptors (Lipinski definition) is 4. The molecule has 0 amide bonds. The molecule has 1 aliphatic heterocycles. The molecular weight excluding hydrogens is 208 g/mol. The molecule has 2 rings (SSSR count). The molecule has 84 valence electrons. The quantitative estimate of drug-likeness (QED) is 0.795. The van der Waals surface area contributed by atoms with Crippen molar-refractivity contribution in [1.82, 2.24) is 4.98 Å². The minimum absolute atomic E-state index is 0.205. The van der Waals surface area contributed by atoms with Gasteiger partial charge in [0, 0.05) is 18.0 Å². The lowest BCUT2D eigenvalue weighted by molar-refractivity contribution is 0.103. The third kappa shape index (κ3) is 2.16. The predicted molar refractivity (Wildman–Crippen MR) is 63.6 cm³/mol. The van der Waals surface area contributed by atoms with Crippen LogP contribution in [0.3, 0.4) is 0 Å². The number of nitrogens with zero attached hydrogens (tertiary/aromatic N) is 2. The maximum Gasteiger partial charge on any atom is 0.185 e. The normalized spacial score (nSPS) is 27.1. The lowest BCUT2D eigenvalue weighted by Crippen LogP contribution is -2.42. The van der Waals surface area contributed by atoms with Gasteiger partial charge in [-0.25, -0.2) is 4.98 Å². The van der Waals surface area contributed by atoms with Crippen LogP contribution in [0.5, 0.6) is 0 Å². The molecule has 4 heteroatoms. The fourth-order valence-electron chi connectivity index (χ4n) is 1.81. The first kappa shape index (κ1) is 10.9. The van der Waals surface area contributed by atoms with Gasteiger partial charge in [-0.05, 0) is 26.2 Å². The fourth-order valence-corrected chi connectivity index (χ4v) is 2.76. The van der Waals surface area contributed by atoms with Crippen LogP contribution < -0.4 is 4.90 Å². The van der Waals surface area contributed by atoms with Gasteiger partial charge in [-0.2, -0.15) is 0 Å². The second kappa shape index (κ2) is 4.10. The lowest BCUT2D eigenvalue weighted by atomic mass is 9.96. The highest BCUT2D eigenvalue weighted by molar-refractivity contribution is 7.15. The van der Waals surface area contributed by atoms with E-state index in [1.807, 2.05) is 6.92 Å². The molecule has 2 heterocycles. The van der Waals surface area contributed by atoms with Gasteiger partial charge in [-0.3, -0.25) is 0 Å². The Labute approximate surface area is 94.8 Å². The zero-order valence-corrected chi connectivity index (χ0v) is 10.3. The van der Waals surface area contributed by atoms with Crippen LogP contribution in [0, 0.1) is 19.8 Å². The van der Waals surface area contributed by atoms with E-state index in [-0.39, 0.29) is 6.10 Å². The molecule has 1 saturated heterocycles. The number of aliphatic hydroxyl groups is 1. The van der Waals surface area contributed by atoms with Crippen LogP contribution in [0.1, 0.15) is 23.9 Å². The standard InChI is InChI=1S/C11H18N2OS/c1-7-4-5-13(6-10(7)14)11-12-8(2)9(3)15-11/h7,10,14H,4-6H2,1-3H3. The molecule has 1 N–H and O–H groups in total. The van der Waals surface area contributed by atoms with E-state index in [1.165, 1.54) is 4.88 Å². The summed E-state index contributed by atoms with van der Waals surface area (Å²) in [5.74, 6) is 0.420. The van der Waals surface area contributed by atoms with Gasteiger partial charge in [0.2, 0.25) is 0 Å². The average molecular weight is 226 g/mol. The second-order valence-electron chi connectivity index (χ2n) is 4.42. The number of aryl methyl sites for hydroxylation is 2. The smallest absolute Gasteiger partial charge is 0.185 e. The zero-order chi connectivity index (χ0) is 11.0. The molecule has 1 aromatic rings. The van der Waals surface area contributed by atoms with Crippen molar-refractivity contribution in [1.29, 1.82) is 0 Å². The first-order valence-corrected chi connectivity index (χ1v) is 6.26. The average Bonchev–Trinajstić information content (AvgIpc) is 2.52. The highest BCUT2D eigenvalue weighted by atomic mass is 32.1. The Morgan fingerprint density at radius 1 is 1.47 bits per heavy atom. The molecule has 15 heavy (non-hydrogen) atoms. The van der Waals surface area contributed by atoms with Crippen molar-refractivity contribution < 1.29 is 5.11 Å². The topological polar surface area (TPSA) is 36.4 Å². The number of thiazole rings is 1. The molecule has 2 atom stereocenters. The molecule has 3 nitrogen and oxygen atoms in total. The van der Waals surface area contributed by atoms with E-state index in [1.54, 1.807) is 11.3 Å². The summed E-state index contributed by atoms with van der Waals surface area (Å²) >= 11 is 1.73. The SMILES string of the molecule is Cc1nc(N2CCC(C)C(O)C2)sc1C. The fraction of sp³-hybridized carbons (Fsp3) is 0.727. The van der Waals surface area contributed by atoms with E-state index < -0.39 is 0 Å². The van der Waals surface area contributed by atoms with Gasteiger partial charge in [0.05, 0.1) is 11.8 Å². The number of aromatic nitrogens is 1. The number of anilines is 1. The number of rotatable bonds is 1. The van der Waals surface area contributed by atoms with Crippen LogP contribution in [0.2, 0.25) is 0 Å². The molecule has 1 aromatic heterocycles. The number of piperidine rings is 1. The van der Waals surface area contributed by atoms with E-state index in [0.29, 0.717) is 5.92 Å². The van der Waals surface area contributed by atoms with Crippen LogP contribution >= 0.6 is 11.3 Å². The van der Waals surface area contributed by atoms with Crippen molar-refractivity contribution in [2.45, 2.75) is 33.3 Å². The molecular formula is C11H18N2OS. The van der Waals surface area contributed by atoms with Gasteiger partial charge in [0.1, 0.15) is 0 Å². The molecule has 0 radical (unpaired) electrons. The lowest BCUT2D eigenvalue weighted by Gasteiger charge is -2.34. The molecule has 2 unspecified atom stereocenters.